The Kier molecular flexibility index (Phi) is 4.17. The largest absolute Gasteiger partial charge is 0.394 e. The fraction of sp³-hybridized carbons (Fsp3) is 0.636. The van der Waals surface area contributed by atoms with Gasteiger partial charge < -0.3 is 10.4 Å². The second kappa shape index (κ2) is 5.19. The quantitative estimate of drug-likeness (QED) is 0.759. The molecule has 0 spiro atoms. The highest BCUT2D eigenvalue weighted by Crippen LogP contribution is 2.19. The van der Waals surface area contributed by atoms with E-state index in [1.165, 1.54) is 0 Å². The van der Waals surface area contributed by atoms with E-state index in [4.69, 9.17) is 0 Å². The fourth-order valence-corrected chi connectivity index (χ4v) is 1.56. The second-order valence-corrected chi connectivity index (χ2v) is 3.91. The molecule has 1 rings (SSSR count). The SMILES string of the molecule is CCCNC(C)(CO)c1nccnc1C. The number of nitrogens with zero attached hydrogens (tertiary/aromatic N) is 2. The lowest BCUT2D eigenvalue weighted by Crippen LogP contribution is -2.44. The van der Waals surface area contributed by atoms with Gasteiger partial charge in [-0.2, -0.15) is 0 Å². The number of nitrogens with one attached hydrogen (secondary N) is 1. The number of rotatable bonds is 5. The van der Waals surface area contributed by atoms with Gasteiger partial charge in [-0.25, -0.2) is 0 Å². The number of aromatic nitrogens is 2. The standard InChI is InChI=1S/C11H19N3O/c1-4-5-14-11(3,8-15)10-9(2)12-6-7-13-10/h6-7,14-15H,4-5,8H2,1-3H3. The van der Waals surface area contributed by atoms with Crippen LogP contribution in [0, 0.1) is 6.92 Å². The van der Waals surface area contributed by atoms with Crippen LogP contribution in [0.15, 0.2) is 12.4 Å². The van der Waals surface area contributed by atoms with Crippen molar-refractivity contribution in [3.63, 3.8) is 0 Å². The first kappa shape index (κ1) is 12.1. The van der Waals surface area contributed by atoms with Crippen LogP contribution in [0.1, 0.15) is 31.7 Å². The van der Waals surface area contributed by atoms with Crippen LogP contribution in [0.2, 0.25) is 0 Å². The van der Waals surface area contributed by atoms with Crippen LogP contribution in [-0.2, 0) is 5.54 Å². The zero-order chi connectivity index (χ0) is 11.3. The molecule has 1 atom stereocenters. The number of hydrogen-bond acceptors (Lipinski definition) is 4. The third-order valence-electron chi connectivity index (χ3n) is 2.49. The Morgan fingerprint density at radius 2 is 2.07 bits per heavy atom. The van der Waals surface area contributed by atoms with E-state index < -0.39 is 5.54 Å². The molecule has 0 fully saturated rings. The molecule has 0 aliphatic carbocycles. The number of hydrogen-bond donors (Lipinski definition) is 2. The summed E-state index contributed by atoms with van der Waals surface area (Å²) in [4.78, 5) is 8.48. The van der Waals surface area contributed by atoms with Crippen LogP contribution >= 0.6 is 0 Å². The van der Waals surface area contributed by atoms with E-state index in [9.17, 15) is 5.11 Å². The van der Waals surface area contributed by atoms with Crippen LogP contribution in [0.25, 0.3) is 0 Å². The third kappa shape index (κ3) is 2.73. The van der Waals surface area contributed by atoms with E-state index in [-0.39, 0.29) is 6.61 Å². The van der Waals surface area contributed by atoms with Crippen molar-refractivity contribution in [2.24, 2.45) is 0 Å². The number of aliphatic hydroxyl groups is 1. The van der Waals surface area contributed by atoms with Gasteiger partial charge in [0.1, 0.15) is 0 Å². The Bertz CT molecular complexity index is 316. The molecule has 4 heteroatoms. The van der Waals surface area contributed by atoms with Gasteiger partial charge in [-0.3, -0.25) is 9.97 Å². The van der Waals surface area contributed by atoms with Crippen LogP contribution in [0.5, 0.6) is 0 Å². The minimum Gasteiger partial charge on any atom is -0.394 e. The molecule has 1 aromatic rings. The Hall–Kier alpha value is -1.00. The van der Waals surface area contributed by atoms with E-state index >= 15 is 0 Å². The van der Waals surface area contributed by atoms with Gasteiger partial charge in [0.2, 0.25) is 0 Å². The molecular weight excluding hydrogens is 190 g/mol. The molecule has 4 nitrogen and oxygen atoms in total. The van der Waals surface area contributed by atoms with Crippen LogP contribution in [-0.4, -0.2) is 28.2 Å². The van der Waals surface area contributed by atoms with E-state index in [2.05, 4.69) is 22.2 Å². The fourth-order valence-electron chi connectivity index (χ4n) is 1.56. The van der Waals surface area contributed by atoms with Crippen molar-refractivity contribution in [1.29, 1.82) is 0 Å². The number of aryl methyl sites for hydroxylation is 1. The summed E-state index contributed by atoms with van der Waals surface area (Å²) >= 11 is 0. The summed E-state index contributed by atoms with van der Waals surface area (Å²) in [5, 5.41) is 12.8. The second-order valence-electron chi connectivity index (χ2n) is 3.91. The first-order valence-electron chi connectivity index (χ1n) is 5.28. The molecule has 15 heavy (non-hydrogen) atoms. The summed E-state index contributed by atoms with van der Waals surface area (Å²) in [6.07, 6.45) is 4.34. The van der Waals surface area contributed by atoms with E-state index in [1.54, 1.807) is 12.4 Å². The van der Waals surface area contributed by atoms with Crippen molar-refractivity contribution < 1.29 is 5.11 Å². The van der Waals surface area contributed by atoms with E-state index in [0.717, 1.165) is 24.4 Å². The zero-order valence-corrected chi connectivity index (χ0v) is 9.62. The molecule has 0 aromatic carbocycles. The molecule has 84 valence electrons. The molecule has 0 radical (unpaired) electrons. The van der Waals surface area contributed by atoms with Gasteiger partial charge in [-0.05, 0) is 26.8 Å². The van der Waals surface area contributed by atoms with Gasteiger partial charge in [0, 0.05) is 12.4 Å². The molecule has 0 amide bonds. The lowest BCUT2D eigenvalue weighted by Gasteiger charge is -2.28. The Labute approximate surface area is 90.8 Å². The molecule has 0 aliphatic rings. The molecule has 0 bridgehead atoms. The highest BCUT2D eigenvalue weighted by molar-refractivity contribution is 5.19. The van der Waals surface area contributed by atoms with Gasteiger partial charge in [-0.1, -0.05) is 6.92 Å². The van der Waals surface area contributed by atoms with Crippen LogP contribution in [0.4, 0.5) is 0 Å². The monoisotopic (exact) mass is 209 g/mol. The van der Waals surface area contributed by atoms with Crippen LogP contribution in [0.3, 0.4) is 0 Å². The molecule has 1 unspecified atom stereocenters. The van der Waals surface area contributed by atoms with Crippen molar-refractivity contribution in [3.8, 4) is 0 Å². The molecule has 2 N–H and O–H groups in total. The highest BCUT2D eigenvalue weighted by Gasteiger charge is 2.28. The Morgan fingerprint density at radius 3 is 2.60 bits per heavy atom. The average molecular weight is 209 g/mol. The van der Waals surface area contributed by atoms with Crippen molar-refractivity contribution in [1.82, 2.24) is 15.3 Å². The maximum absolute atomic E-state index is 9.46. The average Bonchev–Trinajstić information content (AvgIpc) is 2.26. The highest BCUT2D eigenvalue weighted by atomic mass is 16.3. The number of aliphatic hydroxyl groups excluding tert-OH is 1. The van der Waals surface area contributed by atoms with Crippen molar-refractivity contribution in [2.45, 2.75) is 32.7 Å². The van der Waals surface area contributed by atoms with E-state index in [1.807, 2.05) is 13.8 Å². The molecule has 1 heterocycles. The van der Waals surface area contributed by atoms with Crippen molar-refractivity contribution in [2.75, 3.05) is 13.2 Å². The van der Waals surface area contributed by atoms with Gasteiger partial charge in [0.05, 0.1) is 23.5 Å². The first-order valence-corrected chi connectivity index (χ1v) is 5.28. The van der Waals surface area contributed by atoms with Gasteiger partial charge in [0.25, 0.3) is 0 Å². The molecule has 0 saturated carbocycles. The summed E-state index contributed by atoms with van der Waals surface area (Å²) in [5.74, 6) is 0. The summed E-state index contributed by atoms with van der Waals surface area (Å²) < 4.78 is 0. The third-order valence-corrected chi connectivity index (χ3v) is 2.49. The van der Waals surface area contributed by atoms with Gasteiger partial charge >= 0.3 is 0 Å². The zero-order valence-electron chi connectivity index (χ0n) is 9.62. The summed E-state index contributed by atoms with van der Waals surface area (Å²) in [7, 11) is 0. The maximum Gasteiger partial charge on any atom is 0.0837 e. The summed E-state index contributed by atoms with van der Waals surface area (Å²) in [6, 6.07) is 0. The molecular formula is C11H19N3O. The molecule has 0 saturated heterocycles. The molecule has 1 aromatic heterocycles. The summed E-state index contributed by atoms with van der Waals surface area (Å²) in [6.45, 7) is 6.82. The lowest BCUT2D eigenvalue weighted by atomic mass is 9.96. The van der Waals surface area contributed by atoms with Crippen LogP contribution < -0.4 is 5.32 Å². The van der Waals surface area contributed by atoms with Gasteiger partial charge in [-0.15, -0.1) is 0 Å². The topological polar surface area (TPSA) is 58.0 Å². The first-order chi connectivity index (χ1) is 7.14. The predicted molar refractivity (Wildman–Crippen MR) is 59.5 cm³/mol. The van der Waals surface area contributed by atoms with E-state index in [0.29, 0.717) is 0 Å². The summed E-state index contributed by atoms with van der Waals surface area (Å²) in [5.41, 5.74) is 1.19. The van der Waals surface area contributed by atoms with Crippen molar-refractivity contribution >= 4 is 0 Å². The Morgan fingerprint density at radius 1 is 1.40 bits per heavy atom. The smallest absolute Gasteiger partial charge is 0.0837 e. The van der Waals surface area contributed by atoms with Crippen molar-refractivity contribution in [3.05, 3.63) is 23.8 Å². The molecule has 0 aliphatic heterocycles. The lowest BCUT2D eigenvalue weighted by molar-refractivity contribution is 0.170. The van der Waals surface area contributed by atoms with Gasteiger partial charge in [0.15, 0.2) is 0 Å². The maximum atomic E-state index is 9.46. The predicted octanol–water partition coefficient (Wildman–Crippen LogP) is 0.992. The minimum absolute atomic E-state index is 0.0204. The Balaban J connectivity index is 2.95. The normalized spacial score (nSPS) is 14.9. The minimum atomic E-state index is -0.492.